The van der Waals surface area contributed by atoms with Gasteiger partial charge < -0.3 is 34.2 Å². The van der Waals surface area contributed by atoms with Gasteiger partial charge in [-0.15, -0.1) is 0 Å². The van der Waals surface area contributed by atoms with Crippen molar-refractivity contribution in [1.29, 1.82) is 0 Å². The van der Waals surface area contributed by atoms with Crippen molar-refractivity contribution in [2.45, 2.75) is 6.42 Å². The number of carbonyl (C=O) groups is 3. The molecule has 12 heteroatoms. The molecule has 0 fully saturated rings. The van der Waals surface area contributed by atoms with Gasteiger partial charge in [0.05, 0.1) is 6.29 Å². The number of aliphatic carboxylic acids is 2. The van der Waals surface area contributed by atoms with E-state index in [-0.39, 0.29) is 95.1 Å². The molecule has 0 aliphatic carbocycles. The Hall–Kier alpha value is 1.60. The van der Waals surface area contributed by atoms with Crippen LogP contribution in [0.25, 0.3) is 0 Å². The van der Waals surface area contributed by atoms with E-state index in [1.807, 2.05) is 0 Å². The fourth-order valence-corrected chi connectivity index (χ4v) is 3.00. The van der Waals surface area contributed by atoms with Crippen LogP contribution >= 0.6 is 7.37 Å². The van der Waals surface area contributed by atoms with E-state index >= 15 is 0 Å². The monoisotopic (exact) mass is 333 g/mol. The zero-order valence-electron chi connectivity index (χ0n) is 12.0. The van der Waals surface area contributed by atoms with E-state index in [1.54, 1.807) is 0 Å². The molecule has 98 valence electrons. The van der Waals surface area contributed by atoms with Crippen LogP contribution in [0.4, 0.5) is 0 Å². The van der Waals surface area contributed by atoms with Crippen LogP contribution in [-0.4, -0.2) is 42.7 Å². The van der Waals surface area contributed by atoms with Gasteiger partial charge in [0.1, 0.15) is 0 Å². The van der Waals surface area contributed by atoms with Crippen molar-refractivity contribution in [3.63, 3.8) is 0 Å². The molecule has 0 spiro atoms. The normalized spacial score (nSPS) is 13.3. The predicted molar refractivity (Wildman–Crippen MR) is 49.3 cm³/mol. The maximum atomic E-state index is 11.4. The molecule has 0 bridgehead atoms. The zero-order chi connectivity index (χ0) is 13.6. The molecule has 2 unspecified atom stereocenters. The zero-order valence-corrected chi connectivity index (χ0v) is 18.9. The molecule has 0 rings (SSSR count). The molecule has 0 N–H and O–H groups in total. The summed E-state index contributed by atoms with van der Waals surface area (Å²) in [5.41, 5.74) is 0. The van der Waals surface area contributed by atoms with E-state index in [9.17, 15) is 34.1 Å². The summed E-state index contributed by atoms with van der Waals surface area (Å²) in [5.74, 6) is -5.13. The van der Waals surface area contributed by atoms with Crippen LogP contribution in [-0.2, 0) is 18.9 Å². The summed E-state index contributed by atoms with van der Waals surface area (Å²) in [5, 5.41) is 20.7. The fourth-order valence-electron chi connectivity index (χ4n) is 1.19. The second-order valence-electron chi connectivity index (χ2n) is 3.59. The second-order valence-corrected chi connectivity index (χ2v) is 5.87. The van der Waals surface area contributed by atoms with E-state index in [2.05, 4.69) is 0 Å². The molecule has 0 saturated carbocycles. The van der Waals surface area contributed by atoms with Crippen molar-refractivity contribution in [2.75, 3.05) is 19.5 Å². The van der Waals surface area contributed by atoms with Crippen LogP contribution in [0.5, 0.6) is 0 Å². The molecule has 0 aromatic heterocycles. The van der Waals surface area contributed by atoms with Gasteiger partial charge in [0.25, 0.3) is 0 Å². The minimum atomic E-state index is -4.20. The van der Waals surface area contributed by atoms with E-state index in [4.69, 9.17) is 0 Å². The Kier molecular flexibility index (Phi) is 21.0. The first kappa shape index (κ1) is 29.6. The van der Waals surface area contributed by atoms with Crippen molar-refractivity contribution in [3.8, 4) is 0 Å². The van der Waals surface area contributed by atoms with Gasteiger partial charge in [0.2, 0.25) is 6.41 Å². The van der Waals surface area contributed by atoms with Crippen LogP contribution in [0.15, 0.2) is 0 Å². The minimum absolute atomic E-state index is 0. The van der Waals surface area contributed by atoms with Crippen LogP contribution < -0.4 is 104 Å². The third-order valence-electron chi connectivity index (χ3n) is 1.86. The van der Waals surface area contributed by atoms with E-state index in [0.717, 1.165) is 4.90 Å². The summed E-state index contributed by atoms with van der Waals surface area (Å²) in [7, 11) is -3.00. The summed E-state index contributed by atoms with van der Waals surface area (Å²) in [4.78, 5) is 43.2. The second kappa shape index (κ2) is 14.2. The van der Waals surface area contributed by atoms with Gasteiger partial charge in [-0.05, 0) is 12.6 Å². The summed E-state index contributed by atoms with van der Waals surface area (Å²) in [6.07, 6.45) is -2.23. The third kappa shape index (κ3) is 14.5. The quantitative estimate of drug-likeness (QED) is 0.244. The summed E-state index contributed by atoms with van der Waals surface area (Å²) >= 11 is 0. The number of carboxylic acids is 2. The third-order valence-corrected chi connectivity index (χ3v) is 3.74. The first-order valence-electron chi connectivity index (χ1n) is 4.53. The summed E-state index contributed by atoms with van der Waals surface area (Å²) < 4.78 is 11.4. The van der Waals surface area contributed by atoms with Crippen molar-refractivity contribution >= 4 is 25.7 Å². The first-order valence-corrected chi connectivity index (χ1v) is 6.53. The molecule has 0 aromatic rings. The molecule has 0 aromatic carbocycles. The molecule has 2 atom stereocenters. The SMILES string of the molecule is CN(C=O)CP(=O)([O-])CC(CC(=O)[O-])C(=O)[O-].[Na+].[Na+].[Na+]. The van der Waals surface area contributed by atoms with E-state index in [1.165, 1.54) is 7.05 Å². The van der Waals surface area contributed by atoms with Crippen molar-refractivity contribution in [1.82, 2.24) is 4.90 Å². The van der Waals surface area contributed by atoms with Crippen LogP contribution in [0.1, 0.15) is 6.42 Å². The largest absolute Gasteiger partial charge is 1.00 e. The molecule has 0 heterocycles. The Bertz CT molecular complexity index is 368. The summed E-state index contributed by atoms with van der Waals surface area (Å²) in [6, 6.07) is 0. The fraction of sp³-hybridized carbons (Fsp3) is 0.625. The average Bonchev–Trinajstić information content (AvgIpc) is 2.14. The molecular weight excluding hydrogens is 322 g/mol. The van der Waals surface area contributed by atoms with Gasteiger partial charge in [-0.2, -0.15) is 0 Å². The Morgan fingerprint density at radius 1 is 1.25 bits per heavy atom. The number of hydrogen-bond acceptors (Lipinski definition) is 7. The Morgan fingerprint density at radius 2 is 1.70 bits per heavy atom. The van der Waals surface area contributed by atoms with Crippen LogP contribution in [0.3, 0.4) is 0 Å². The molecular formula is C8H11NNa3O7P. The first-order chi connectivity index (χ1) is 7.68. The van der Waals surface area contributed by atoms with Gasteiger partial charge in [0, 0.05) is 32.3 Å². The van der Waals surface area contributed by atoms with E-state index in [0.29, 0.717) is 0 Å². The Balaban J connectivity index is -0.000000427. The minimum Gasteiger partial charge on any atom is -0.798 e. The van der Waals surface area contributed by atoms with Crippen LogP contribution in [0.2, 0.25) is 0 Å². The van der Waals surface area contributed by atoms with Crippen molar-refractivity contribution < 1.29 is 123 Å². The maximum Gasteiger partial charge on any atom is 1.00 e. The number of nitrogens with zero attached hydrogens (tertiary/aromatic N) is 1. The molecule has 0 radical (unpaired) electrons. The average molecular weight is 333 g/mol. The molecule has 8 nitrogen and oxygen atoms in total. The van der Waals surface area contributed by atoms with Gasteiger partial charge >= 0.3 is 88.7 Å². The molecule has 0 aliphatic heterocycles. The standard InChI is InChI=1S/C8H14NO7P.3Na/c1-9(4-10)5-17(15,16)3-6(8(13)14)2-7(11)12;;;/h4,6H,2-3,5H2,1H3,(H,11,12)(H,13,14)(H,15,16);;;/q;3*+1/p-3. The molecule has 1 amide bonds. The smallest absolute Gasteiger partial charge is 0.798 e. The summed E-state index contributed by atoms with van der Waals surface area (Å²) in [6.45, 7) is 0. The van der Waals surface area contributed by atoms with Gasteiger partial charge in [-0.25, -0.2) is 0 Å². The number of rotatable bonds is 8. The number of hydrogen-bond donors (Lipinski definition) is 0. The maximum absolute atomic E-state index is 11.4. The van der Waals surface area contributed by atoms with Gasteiger partial charge in [-0.3, -0.25) is 4.79 Å². The Labute approximate surface area is 183 Å². The number of amides is 1. The predicted octanol–water partition coefficient (Wildman–Crippen LogP) is -12.8. The van der Waals surface area contributed by atoms with Crippen LogP contribution in [0, 0.1) is 5.92 Å². The van der Waals surface area contributed by atoms with Gasteiger partial charge in [-0.1, -0.05) is 0 Å². The van der Waals surface area contributed by atoms with E-state index < -0.39 is 44.1 Å². The molecule has 0 aliphatic rings. The molecule has 0 saturated heterocycles. The topological polar surface area (TPSA) is 141 Å². The molecule has 20 heavy (non-hydrogen) atoms. The number of carboxylic acid groups (broad SMARTS) is 2. The van der Waals surface area contributed by atoms with Crippen molar-refractivity contribution in [2.24, 2.45) is 5.92 Å². The van der Waals surface area contributed by atoms with Crippen molar-refractivity contribution in [3.05, 3.63) is 0 Å². The Morgan fingerprint density at radius 3 is 2.00 bits per heavy atom. The van der Waals surface area contributed by atoms with Gasteiger partial charge in [0.15, 0.2) is 0 Å². The number of carbonyl (C=O) groups excluding carboxylic acids is 3.